The highest BCUT2D eigenvalue weighted by atomic mass is 16.5. The highest BCUT2D eigenvalue weighted by Crippen LogP contribution is 2.21. The van der Waals surface area contributed by atoms with Gasteiger partial charge in [0, 0.05) is 0 Å². The van der Waals surface area contributed by atoms with Gasteiger partial charge in [0.2, 0.25) is 0 Å². The zero-order valence-corrected chi connectivity index (χ0v) is 20.2. The first-order valence-corrected chi connectivity index (χ1v) is 11.2. The quantitative estimate of drug-likeness (QED) is 0.585. The molecule has 0 aliphatic carbocycles. The van der Waals surface area contributed by atoms with Gasteiger partial charge in [-0.1, -0.05) is 0 Å². The molecule has 0 amide bonds. The fourth-order valence-corrected chi connectivity index (χ4v) is 3.62. The summed E-state index contributed by atoms with van der Waals surface area (Å²) in [6.45, 7) is 6.58. The lowest BCUT2D eigenvalue weighted by atomic mass is 9.97. The second kappa shape index (κ2) is 13.4. The highest BCUT2D eigenvalue weighted by Gasteiger charge is 2.26. The Morgan fingerprint density at radius 1 is 0.969 bits per heavy atom. The smallest absolute Gasteiger partial charge is 0.309 e. The molecule has 180 valence electrons. The van der Waals surface area contributed by atoms with Crippen LogP contribution in [0.5, 0.6) is 0 Å². The van der Waals surface area contributed by atoms with Crippen LogP contribution in [-0.2, 0) is 35.8 Å². The molecule has 1 N–H and O–H groups in total. The molecule has 0 bridgehead atoms. The van der Waals surface area contributed by atoms with Crippen molar-refractivity contribution in [1.29, 1.82) is 0 Å². The van der Waals surface area contributed by atoms with Gasteiger partial charge in [0.1, 0.15) is 29.6 Å². The van der Waals surface area contributed by atoms with Crippen molar-refractivity contribution in [2.45, 2.75) is 46.0 Å². The summed E-state index contributed by atoms with van der Waals surface area (Å²) in [4.78, 5) is 18.2. The first kappa shape index (κ1) is 26.1. The number of ether oxygens (including phenoxy) is 1. The summed E-state index contributed by atoms with van der Waals surface area (Å²) in [5.41, 5.74) is 0. The van der Waals surface area contributed by atoms with Crippen molar-refractivity contribution in [3.8, 4) is 0 Å². The van der Waals surface area contributed by atoms with E-state index in [0.29, 0.717) is 12.4 Å². The first-order valence-electron chi connectivity index (χ1n) is 11.2. The third-order valence-electron chi connectivity index (χ3n) is 5.12. The van der Waals surface area contributed by atoms with E-state index in [1.54, 1.807) is 6.07 Å². The maximum atomic E-state index is 11.7. The number of hydrogen-bond donors (Lipinski definition) is 1. The van der Waals surface area contributed by atoms with E-state index < -0.39 is 0 Å². The van der Waals surface area contributed by atoms with E-state index in [2.05, 4.69) is 15.9 Å². The van der Waals surface area contributed by atoms with Gasteiger partial charge < -0.3 is 28.5 Å². The van der Waals surface area contributed by atoms with Crippen molar-refractivity contribution in [3.63, 3.8) is 0 Å². The van der Waals surface area contributed by atoms with Gasteiger partial charge in [-0.15, -0.1) is 0 Å². The molecule has 3 rings (SSSR count). The van der Waals surface area contributed by atoms with E-state index in [1.165, 1.54) is 0 Å². The van der Waals surface area contributed by atoms with Crippen LogP contribution in [0, 0.1) is 5.92 Å². The molecule has 8 nitrogen and oxygen atoms in total. The van der Waals surface area contributed by atoms with Crippen LogP contribution >= 0.6 is 0 Å². The van der Waals surface area contributed by atoms with Gasteiger partial charge in [-0.25, -0.2) is 0 Å². The Bertz CT molecular complexity index is 791. The fourth-order valence-electron chi connectivity index (χ4n) is 3.62. The molecule has 3 heterocycles. The summed E-state index contributed by atoms with van der Waals surface area (Å²) in [6, 6.07) is 7.77. The Balaban J connectivity index is 0.000000278. The van der Waals surface area contributed by atoms with E-state index >= 15 is 0 Å². The topological polar surface area (TPSA) is 82.5 Å². The Labute approximate surface area is 191 Å². The van der Waals surface area contributed by atoms with E-state index in [4.69, 9.17) is 18.7 Å². The first-order chi connectivity index (χ1) is 15.3. The molecule has 1 fully saturated rings. The second-order valence-corrected chi connectivity index (χ2v) is 8.67. The molecular weight excluding hydrogens is 410 g/mol. The zero-order valence-electron chi connectivity index (χ0n) is 20.2. The number of aliphatic hydroxyl groups is 1. The zero-order chi connectivity index (χ0) is 23.5. The number of aliphatic hydroxyl groups excluding tert-OH is 1. The number of carbonyl (C=O) groups is 1. The molecule has 1 aliphatic heterocycles. The molecule has 2 aromatic heterocycles. The van der Waals surface area contributed by atoms with Gasteiger partial charge in [0.25, 0.3) is 0 Å². The fraction of sp³-hybridized carbons (Fsp3) is 0.625. The van der Waals surface area contributed by atoms with Crippen molar-refractivity contribution >= 4 is 5.97 Å². The Morgan fingerprint density at radius 2 is 1.47 bits per heavy atom. The van der Waals surface area contributed by atoms with Crippen molar-refractivity contribution in [2.24, 2.45) is 5.92 Å². The molecule has 8 heteroatoms. The molecule has 0 unspecified atom stereocenters. The van der Waals surface area contributed by atoms with Crippen LogP contribution in [-0.4, -0.2) is 73.7 Å². The maximum Gasteiger partial charge on any atom is 0.309 e. The van der Waals surface area contributed by atoms with Crippen molar-refractivity contribution in [2.75, 3.05) is 47.9 Å². The average Bonchev–Trinajstić information content (AvgIpc) is 3.37. The number of carbonyl (C=O) groups excluding carboxylic acids is 1. The Morgan fingerprint density at radius 3 is 1.94 bits per heavy atom. The molecule has 1 saturated heterocycles. The van der Waals surface area contributed by atoms with Gasteiger partial charge in [-0.2, -0.15) is 0 Å². The number of rotatable bonds is 9. The van der Waals surface area contributed by atoms with Gasteiger partial charge >= 0.3 is 5.97 Å². The van der Waals surface area contributed by atoms with Gasteiger partial charge in [-0.3, -0.25) is 9.69 Å². The largest absolute Gasteiger partial charge is 0.466 e. The summed E-state index contributed by atoms with van der Waals surface area (Å²) in [5, 5.41) is 8.68. The highest BCUT2D eigenvalue weighted by molar-refractivity contribution is 5.72. The summed E-state index contributed by atoms with van der Waals surface area (Å²) < 4.78 is 16.2. The molecule has 0 spiro atoms. The lowest BCUT2D eigenvalue weighted by molar-refractivity contribution is -0.149. The average molecular weight is 450 g/mol. The molecular formula is C24H39N3O5. The van der Waals surface area contributed by atoms with Crippen molar-refractivity contribution in [3.05, 3.63) is 47.3 Å². The van der Waals surface area contributed by atoms with Crippen LogP contribution < -0.4 is 0 Å². The molecule has 2 aromatic rings. The van der Waals surface area contributed by atoms with Crippen LogP contribution in [0.1, 0.15) is 42.8 Å². The van der Waals surface area contributed by atoms with E-state index in [1.807, 2.05) is 52.1 Å². The lowest BCUT2D eigenvalue weighted by Gasteiger charge is -2.30. The lowest BCUT2D eigenvalue weighted by Crippen LogP contribution is -2.36. The third kappa shape index (κ3) is 9.16. The number of hydrogen-bond acceptors (Lipinski definition) is 8. The summed E-state index contributed by atoms with van der Waals surface area (Å²) in [6.07, 6.45) is 1.76. The van der Waals surface area contributed by atoms with Crippen molar-refractivity contribution < 1.29 is 23.5 Å². The van der Waals surface area contributed by atoms with Crippen LogP contribution in [0.2, 0.25) is 0 Å². The maximum absolute atomic E-state index is 11.7. The predicted octanol–water partition coefficient (Wildman–Crippen LogP) is 2.95. The van der Waals surface area contributed by atoms with E-state index in [0.717, 1.165) is 62.8 Å². The molecule has 1 aliphatic rings. The van der Waals surface area contributed by atoms with Crippen LogP contribution in [0.15, 0.2) is 33.1 Å². The molecule has 0 atom stereocenters. The van der Waals surface area contributed by atoms with Gasteiger partial charge in [0.15, 0.2) is 0 Å². The minimum atomic E-state index is -0.0385. The van der Waals surface area contributed by atoms with E-state index in [-0.39, 0.29) is 18.5 Å². The minimum absolute atomic E-state index is 0.0204. The van der Waals surface area contributed by atoms with Crippen LogP contribution in [0.25, 0.3) is 0 Å². The number of furan rings is 2. The van der Waals surface area contributed by atoms with E-state index in [9.17, 15) is 4.79 Å². The van der Waals surface area contributed by atoms with Gasteiger partial charge in [-0.05, 0) is 85.3 Å². The Kier molecular flexibility index (Phi) is 11.0. The normalized spacial score (nSPS) is 15.1. The number of piperidine rings is 1. The monoisotopic (exact) mass is 449 g/mol. The number of esters is 1. The standard InChI is InChI=1S/C16H26N2O3.C8H13NO2/c1-4-20-16(19)13-7-9-18(10-8-13)12-15-6-5-14(21-15)11-17(2)3;1-9(2)5-7-3-4-8(6-10)11-7/h5-6,13H,4,7-12H2,1-3H3;3-4,10H,5-6H2,1-2H3. The SMILES string of the molecule is CCOC(=O)C1CCN(Cc2ccc(CN(C)C)o2)CC1.CN(C)Cc1ccc(CO)o1. The molecule has 0 saturated carbocycles. The summed E-state index contributed by atoms with van der Waals surface area (Å²) in [7, 11) is 8.01. The predicted molar refractivity (Wildman–Crippen MR) is 123 cm³/mol. The third-order valence-corrected chi connectivity index (χ3v) is 5.12. The summed E-state index contributed by atoms with van der Waals surface area (Å²) in [5.74, 6) is 3.55. The molecule has 0 radical (unpaired) electrons. The number of nitrogens with zero attached hydrogens (tertiary/aromatic N) is 3. The van der Waals surface area contributed by atoms with Crippen LogP contribution in [0.3, 0.4) is 0 Å². The summed E-state index contributed by atoms with van der Waals surface area (Å²) >= 11 is 0. The van der Waals surface area contributed by atoms with Crippen LogP contribution in [0.4, 0.5) is 0 Å². The Hall–Kier alpha value is -2.13. The molecule has 32 heavy (non-hydrogen) atoms. The van der Waals surface area contributed by atoms with Crippen molar-refractivity contribution in [1.82, 2.24) is 14.7 Å². The molecule has 0 aromatic carbocycles. The van der Waals surface area contributed by atoms with Gasteiger partial charge in [0.05, 0.1) is 32.2 Å². The number of likely N-dealkylation sites (tertiary alicyclic amines) is 1. The minimum Gasteiger partial charge on any atom is -0.466 e. The second-order valence-electron chi connectivity index (χ2n) is 8.67.